The number of aromatic nitrogens is 2. The first-order valence-corrected chi connectivity index (χ1v) is 11.3. The number of rotatable bonds is 6. The molecule has 0 radical (unpaired) electrons. The molecule has 2 aliphatic heterocycles. The normalized spacial score (nSPS) is 15.8. The molecular formula is C24H27N4O5+. The van der Waals surface area contributed by atoms with Crippen LogP contribution in [0.15, 0.2) is 52.1 Å². The van der Waals surface area contributed by atoms with Crippen LogP contribution in [0.2, 0.25) is 0 Å². The number of hydrogen-bond acceptors (Lipinski definition) is 5. The van der Waals surface area contributed by atoms with Crippen LogP contribution < -0.4 is 25.6 Å². The van der Waals surface area contributed by atoms with Gasteiger partial charge in [-0.2, -0.15) is 0 Å². The van der Waals surface area contributed by atoms with Crippen molar-refractivity contribution >= 4 is 16.8 Å². The molecule has 1 saturated heterocycles. The van der Waals surface area contributed by atoms with Gasteiger partial charge in [-0.15, -0.1) is 0 Å². The van der Waals surface area contributed by atoms with Crippen molar-refractivity contribution in [3.05, 3.63) is 68.9 Å². The number of amides is 1. The van der Waals surface area contributed by atoms with Gasteiger partial charge in [0.25, 0.3) is 5.56 Å². The van der Waals surface area contributed by atoms with Gasteiger partial charge >= 0.3 is 5.69 Å². The number of aromatic amines is 1. The van der Waals surface area contributed by atoms with Gasteiger partial charge < -0.3 is 24.3 Å². The number of fused-ring (bicyclic) bond motifs is 2. The zero-order valence-corrected chi connectivity index (χ0v) is 18.3. The summed E-state index contributed by atoms with van der Waals surface area (Å²) in [6.07, 6.45) is 0.765. The molecule has 0 atom stereocenters. The van der Waals surface area contributed by atoms with Crippen LogP contribution in [0.25, 0.3) is 10.9 Å². The summed E-state index contributed by atoms with van der Waals surface area (Å²) in [5.41, 5.74) is 0.968. The highest BCUT2D eigenvalue weighted by Crippen LogP contribution is 2.32. The highest BCUT2D eigenvalue weighted by Gasteiger charge is 2.24. The van der Waals surface area contributed by atoms with E-state index in [1.165, 1.54) is 15.0 Å². The van der Waals surface area contributed by atoms with Crippen molar-refractivity contribution in [2.24, 2.45) is 0 Å². The molecule has 2 N–H and O–H groups in total. The Bertz CT molecular complexity index is 1290. The van der Waals surface area contributed by atoms with Crippen LogP contribution in [0.4, 0.5) is 0 Å². The fraction of sp³-hybridized carbons (Fsp3) is 0.375. The second kappa shape index (κ2) is 9.11. The van der Waals surface area contributed by atoms with E-state index in [2.05, 4.69) is 11.1 Å². The molecule has 9 nitrogen and oxygen atoms in total. The van der Waals surface area contributed by atoms with Crippen LogP contribution in [-0.4, -0.2) is 53.3 Å². The second-order valence-electron chi connectivity index (χ2n) is 8.53. The van der Waals surface area contributed by atoms with Crippen molar-refractivity contribution in [3.63, 3.8) is 0 Å². The number of nitrogens with one attached hydrogen (secondary N) is 2. The number of piperazine rings is 1. The Morgan fingerprint density at radius 2 is 1.82 bits per heavy atom. The molecule has 172 valence electrons. The Morgan fingerprint density at radius 1 is 1.03 bits per heavy atom. The molecule has 0 spiro atoms. The fourth-order valence-electron chi connectivity index (χ4n) is 4.54. The van der Waals surface area contributed by atoms with E-state index in [-0.39, 0.29) is 24.8 Å². The standard InChI is InChI=1S/C24H26N4O5/c29-22(6-3-9-28-23(30)18-4-1-2-5-19(18)25-24(28)31)27-12-10-26(11-13-27)15-17-7-8-20-21(14-17)33-16-32-20/h1-2,4-5,7-8,14H,3,6,9-13,15-16H2,(H,25,31)/p+1. The lowest BCUT2D eigenvalue weighted by molar-refractivity contribution is -0.917. The molecule has 9 heteroatoms. The lowest BCUT2D eigenvalue weighted by Gasteiger charge is -2.32. The highest BCUT2D eigenvalue weighted by atomic mass is 16.7. The lowest BCUT2D eigenvalue weighted by Crippen LogP contribution is -3.13. The largest absolute Gasteiger partial charge is 0.454 e. The summed E-state index contributed by atoms with van der Waals surface area (Å²) in [6, 6.07) is 13.0. The number of nitrogens with zero attached hydrogens (tertiary/aromatic N) is 2. The number of hydrogen-bond donors (Lipinski definition) is 2. The Kier molecular flexibility index (Phi) is 5.87. The Hall–Kier alpha value is -3.59. The van der Waals surface area contributed by atoms with Gasteiger partial charge in [0, 0.05) is 18.5 Å². The third-order valence-electron chi connectivity index (χ3n) is 6.38. The minimum absolute atomic E-state index is 0.0717. The van der Waals surface area contributed by atoms with Gasteiger partial charge in [0.05, 0.1) is 37.1 Å². The Labute approximate surface area is 190 Å². The van der Waals surface area contributed by atoms with Gasteiger partial charge in [-0.1, -0.05) is 12.1 Å². The van der Waals surface area contributed by atoms with Gasteiger partial charge in [0.1, 0.15) is 6.54 Å². The summed E-state index contributed by atoms with van der Waals surface area (Å²) in [6.45, 7) is 4.54. The minimum atomic E-state index is -0.438. The average molecular weight is 452 g/mol. The number of carbonyl (C=O) groups is 1. The number of quaternary nitrogens is 1. The molecule has 33 heavy (non-hydrogen) atoms. The molecular weight excluding hydrogens is 424 g/mol. The molecule has 3 heterocycles. The molecule has 1 fully saturated rings. The van der Waals surface area contributed by atoms with Crippen molar-refractivity contribution in [2.75, 3.05) is 33.0 Å². The van der Waals surface area contributed by atoms with Crippen LogP contribution in [-0.2, 0) is 17.9 Å². The summed E-state index contributed by atoms with van der Waals surface area (Å²) in [7, 11) is 0. The molecule has 0 bridgehead atoms. The quantitative estimate of drug-likeness (QED) is 0.555. The van der Waals surface area contributed by atoms with Crippen molar-refractivity contribution in [1.82, 2.24) is 14.5 Å². The van der Waals surface area contributed by atoms with E-state index < -0.39 is 5.69 Å². The van der Waals surface area contributed by atoms with Gasteiger partial charge in [0.2, 0.25) is 12.7 Å². The van der Waals surface area contributed by atoms with Crippen molar-refractivity contribution < 1.29 is 19.2 Å². The highest BCUT2D eigenvalue weighted by molar-refractivity contribution is 5.77. The summed E-state index contributed by atoms with van der Waals surface area (Å²) in [5, 5.41) is 0.477. The van der Waals surface area contributed by atoms with Crippen molar-refractivity contribution in [3.8, 4) is 11.5 Å². The summed E-state index contributed by atoms with van der Waals surface area (Å²) < 4.78 is 12.0. The minimum Gasteiger partial charge on any atom is -0.454 e. The molecule has 0 unspecified atom stereocenters. The second-order valence-corrected chi connectivity index (χ2v) is 8.53. The number of para-hydroxylation sites is 1. The fourth-order valence-corrected chi connectivity index (χ4v) is 4.54. The van der Waals surface area contributed by atoms with Crippen LogP contribution >= 0.6 is 0 Å². The van der Waals surface area contributed by atoms with Gasteiger partial charge in [-0.05, 0) is 36.8 Å². The first kappa shape index (κ1) is 21.3. The predicted molar refractivity (Wildman–Crippen MR) is 122 cm³/mol. The smallest absolute Gasteiger partial charge is 0.328 e. The number of benzene rings is 2. The topological polar surface area (TPSA) is 98.1 Å². The van der Waals surface area contributed by atoms with Crippen LogP contribution in [0, 0.1) is 0 Å². The van der Waals surface area contributed by atoms with Gasteiger partial charge in [-0.3, -0.25) is 14.2 Å². The van der Waals surface area contributed by atoms with Crippen molar-refractivity contribution in [1.29, 1.82) is 0 Å². The van der Waals surface area contributed by atoms with E-state index in [0.717, 1.165) is 31.1 Å². The summed E-state index contributed by atoms with van der Waals surface area (Å²) in [5.74, 6) is 1.66. The third-order valence-corrected chi connectivity index (χ3v) is 6.38. The molecule has 2 aromatic carbocycles. The summed E-state index contributed by atoms with van der Waals surface area (Å²) in [4.78, 5) is 43.6. The molecule has 1 aromatic heterocycles. The maximum atomic E-state index is 12.7. The third kappa shape index (κ3) is 4.49. The van der Waals surface area contributed by atoms with E-state index in [9.17, 15) is 14.4 Å². The maximum Gasteiger partial charge on any atom is 0.328 e. The number of H-pyrrole nitrogens is 1. The molecule has 5 rings (SSSR count). The van der Waals surface area contributed by atoms with E-state index >= 15 is 0 Å². The zero-order valence-electron chi connectivity index (χ0n) is 18.3. The lowest BCUT2D eigenvalue weighted by atomic mass is 10.1. The van der Waals surface area contributed by atoms with Crippen LogP contribution in [0.3, 0.4) is 0 Å². The van der Waals surface area contributed by atoms with Crippen molar-refractivity contribution in [2.45, 2.75) is 25.9 Å². The van der Waals surface area contributed by atoms with E-state index in [0.29, 0.717) is 36.8 Å². The predicted octanol–water partition coefficient (Wildman–Crippen LogP) is 0.126. The zero-order chi connectivity index (χ0) is 22.8. The molecule has 0 aliphatic carbocycles. The van der Waals surface area contributed by atoms with Crippen LogP contribution in [0.5, 0.6) is 11.5 Å². The molecule has 3 aromatic rings. The Morgan fingerprint density at radius 3 is 2.67 bits per heavy atom. The maximum absolute atomic E-state index is 12.7. The van der Waals surface area contributed by atoms with Gasteiger partial charge in [0.15, 0.2) is 11.5 Å². The molecule has 2 aliphatic rings. The number of ether oxygens (including phenoxy) is 2. The SMILES string of the molecule is O=C(CCCn1c(=O)[nH]c2ccccc2c1=O)N1CC[NH+](Cc2ccc3c(c2)OCO3)CC1. The number of carbonyl (C=O) groups excluding carboxylic acids is 1. The average Bonchev–Trinajstić information content (AvgIpc) is 3.29. The van der Waals surface area contributed by atoms with E-state index in [1.54, 1.807) is 24.3 Å². The summed E-state index contributed by atoms with van der Waals surface area (Å²) >= 11 is 0. The Balaban J connectivity index is 1.11. The first-order valence-electron chi connectivity index (χ1n) is 11.3. The monoisotopic (exact) mass is 451 g/mol. The molecule has 0 saturated carbocycles. The van der Waals surface area contributed by atoms with E-state index in [4.69, 9.17) is 9.47 Å². The van der Waals surface area contributed by atoms with Crippen LogP contribution in [0.1, 0.15) is 18.4 Å². The van der Waals surface area contributed by atoms with E-state index in [1.807, 2.05) is 17.0 Å². The molecule has 1 amide bonds. The first-order chi connectivity index (χ1) is 16.1. The van der Waals surface area contributed by atoms with Gasteiger partial charge in [-0.25, -0.2) is 4.79 Å².